The van der Waals surface area contributed by atoms with Gasteiger partial charge in [-0.3, -0.25) is 4.68 Å². The zero-order valence-corrected chi connectivity index (χ0v) is 11.1. The minimum absolute atomic E-state index is 0.142. The molecule has 0 aliphatic carbocycles. The molecule has 0 amide bonds. The minimum Gasteiger partial charge on any atom is -0.348 e. The third-order valence-corrected chi connectivity index (χ3v) is 3.70. The van der Waals surface area contributed by atoms with Gasteiger partial charge in [-0.15, -0.1) is 0 Å². The van der Waals surface area contributed by atoms with Crippen molar-refractivity contribution in [1.82, 2.24) is 25.1 Å². The van der Waals surface area contributed by atoms with Gasteiger partial charge in [0, 0.05) is 24.4 Å². The van der Waals surface area contributed by atoms with Crippen molar-refractivity contribution in [2.24, 2.45) is 0 Å². The van der Waals surface area contributed by atoms with Crippen LogP contribution in [-0.4, -0.2) is 26.3 Å². The van der Waals surface area contributed by atoms with E-state index in [0.29, 0.717) is 0 Å². The number of H-pyrrole nitrogens is 1. The predicted molar refractivity (Wildman–Crippen MR) is 69.3 cm³/mol. The summed E-state index contributed by atoms with van der Waals surface area (Å²) in [7, 11) is 0. The number of hydrogen-bond acceptors (Lipinski definition) is 3. The number of rotatable bonds is 2. The van der Waals surface area contributed by atoms with Gasteiger partial charge in [-0.2, -0.15) is 5.10 Å². The van der Waals surface area contributed by atoms with E-state index in [2.05, 4.69) is 45.0 Å². The van der Waals surface area contributed by atoms with Crippen LogP contribution in [0.1, 0.15) is 29.7 Å². The number of aromatic amines is 1. The van der Waals surface area contributed by atoms with E-state index in [9.17, 15) is 0 Å². The van der Waals surface area contributed by atoms with E-state index >= 15 is 0 Å². The maximum Gasteiger partial charge on any atom is 0.0926 e. The summed E-state index contributed by atoms with van der Waals surface area (Å²) in [5, 5.41) is 8.12. The van der Waals surface area contributed by atoms with Gasteiger partial charge in [0.2, 0.25) is 0 Å². The molecule has 2 N–H and O–H groups in total. The van der Waals surface area contributed by atoms with Crippen molar-refractivity contribution in [2.45, 2.75) is 39.3 Å². The van der Waals surface area contributed by atoms with Gasteiger partial charge in [0.25, 0.3) is 0 Å². The Kier molecular flexibility index (Phi) is 2.52. The molecule has 3 rings (SSSR count). The molecule has 0 radical (unpaired) electrons. The maximum atomic E-state index is 4.55. The van der Waals surface area contributed by atoms with Gasteiger partial charge in [-0.1, -0.05) is 0 Å². The molecule has 0 saturated heterocycles. The van der Waals surface area contributed by atoms with Crippen molar-refractivity contribution in [3.05, 3.63) is 35.2 Å². The number of hydrogen-bond donors (Lipinski definition) is 2. The van der Waals surface area contributed by atoms with E-state index in [0.717, 1.165) is 30.9 Å². The molecule has 18 heavy (non-hydrogen) atoms. The fourth-order valence-electron chi connectivity index (χ4n) is 2.80. The number of imidazole rings is 1. The molecule has 0 spiro atoms. The van der Waals surface area contributed by atoms with Gasteiger partial charge < -0.3 is 10.3 Å². The Morgan fingerprint density at radius 2 is 2.28 bits per heavy atom. The monoisotopic (exact) mass is 245 g/mol. The summed E-state index contributed by atoms with van der Waals surface area (Å²) >= 11 is 0. The molecule has 2 aromatic heterocycles. The lowest BCUT2D eigenvalue weighted by Crippen LogP contribution is -2.48. The molecule has 0 unspecified atom stereocenters. The van der Waals surface area contributed by atoms with Crippen LogP contribution in [0.2, 0.25) is 0 Å². The summed E-state index contributed by atoms with van der Waals surface area (Å²) in [5.41, 5.74) is 4.49. The Labute approximate surface area is 107 Å². The van der Waals surface area contributed by atoms with Crippen LogP contribution in [0.3, 0.4) is 0 Å². The molecule has 5 nitrogen and oxygen atoms in total. The van der Waals surface area contributed by atoms with Crippen molar-refractivity contribution in [3.63, 3.8) is 0 Å². The molecule has 1 aliphatic rings. The van der Waals surface area contributed by atoms with Crippen LogP contribution in [0, 0.1) is 13.8 Å². The summed E-state index contributed by atoms with van der Waals surface area (Å²) in [6.45, 7) is 8.11. The maximum absolute atomic E-state index is 4.55. The highest BCUT2D eigenvalue weighted by Crippen LogP contribution is 2.27. The van der Waals surface area contributed by atoms with Crippen molar-refractivity contribution in [2.75, 3.05) is 6.54 Å². The number of fused-ring (bicyclic) bond motifs is 1. The van der Waals surface area contributed by atoms with E-state index in [1.54, 1.807) is 6.33 Å². The molecule has 2 aromatic rings. The summed E-state index contributed by atoms with van der Waals surface area (Å²) in [4.78, 5) is 7.72. The first-order chi connectivity index (χ1) is 8.58. The Hall–Kier alpha value is -1.62. The number of aryl methyl sites for hydroxylation is 2. The predicted octanol–water partition coefficient (Wildman–Crippen LogP) is 1.28. The molecular formula is C13H19N5. The quantitative estimate of drug-likeness (QED) is 0.838. The van der Waals surface area contributed by atoms with Gasteiger partial charge >= 0.3 is 0 Å². The second-order valence-electron chi connectivity index (χ2n) is 5.32. The average molecular weight is 245 g/mol. The third kappa shape index (κ3) is 1.75. The fraction of sp³-hybridized carbons (Fsp3) is 0.538. The highest BCUT2D eigenvalue weighted by Gasteiger charge is 2.35. The molecule has 0 aromatic carbocycles. The van der Waals surface area contributed by atoms with Crippen LogP contribution in [-0.2, 0) is 18.5 Å². The summed E-state index contributed by atoms with van der Waals surface area (Å²) in [6, 6.07) is 2.11. The molecule has 0 fully saturated rings. The second kappa shape index (κ2) is 3.95. The highest BCUT2D eigenvalue weighted by atomic mass is 15.3. The lowest BCUT2D eigenvalue weighted by molar-refractivity contribution is 0.277. The van der Waals surface area contributed by atoms with Crippen LogP contribution >= 0.6 is 0 Å². The van der Waals surface area contributed by atoms with Gasteiger partial charge in [0.05, 0.1) is 29.8 Å². The van der Waals surface area contributed by atoms with Gasteiger partial charge in [-0.05, 0) is 26.8 Å². The Balaban J connectivity index is 1.96. The lowest BCUT2D eigenvalue weighted by atomic mass is 9.91. The van der Waals surface area contributed by atoms with E-state index in [1.807, 2.05) is 6.92 Å². The first-order valence-electron chi connectivity index (χ1n) is 6.37. The topological polar surface area (TPSA) is 58.5 Å². The van der Waals surface area contributed by atoms with E-state index in [4.69, 9.17) is 0 Å². The largest absolute Gasteiger partial charge is 0.348 e. The molecular weight excluding hydrogens is 226 g/mol. The third-order valence-electron chi connectivity index (χ3n) is 3.70. The lowest BCUT2D eigenvalue weighted by Gasteiger charge is -2.34. The SMILES string of the molecule is Cc1cc(C)n(C[C@@]2(C)NCCc3[nH]cnc32)n1. The number of nitrogens with zero attached hydrogens (tertiary/aromatic N) is 3. The number of aromatic nitrogens is 4. The van der Waals surface area contributed by atoms with Crippen LogP contribution in [0.25, 0.3) is 0 Å². The van der Waals surface area contributed by atoms with Crippen molar-refractivity contribution in [3.8, 4) is 0 Å². The van der Waals surface area contributed by atoms with Crippen molar-refractivity contribution >= 4 is 0 Å². The molecule has 0 bridgehead atoms. The summed E-state index contributed by atoms with van der Waals surface area (Å²) in [6.07, 6.45) is 2.80. The fourth-order valence-corrected chi connectivity index (χ4v) is 2.80. The zero-order valence-electron chi connectivity index (χ0n) is 11.1. The van der Waals surface area contributed by atoms with Crippen molar-refractivity contribution < 1.29 is 0 Å². The van der Waals surface area contributed by atoms with E-state index < -0.39 is 0 Å². The molecule has 5 heteroatoms. The second-order valence-corrected chi connectivity index (χ2v) is 5.32. The normalized spacial score (nSPS) is 23.1. The van der Waals surface area contributed by atoms with Crippen LogP contribution in [0.15, 0.2) is 12.4 Å². The summed E-state index contributed by atoms with van der Waals surface area (Å²) in [5.74, 6) is 0. The Bertz CT molecular complexity index is 568. The van der Waals surface area contributed by atoms with Crippen LogP contribution in [0.4, 0.5) is 0 Å². The van der Waals surface area contributed by atoms with Gasteiger partial charge in [-0.25, -0.2) is 4.98 Å². The Morgan fingerprint density at radius 3 is 3.00 bits per heavy atom. The summed E-state index contributed by atoms with van der Waals surface area (Å²) < 4.78 is 2.06. The van der Waals surface area contributed by atoms with E-state index in [1.165, 1.54) is 11.4 Å². The van der Waals surface area contributed by atoms with Crippen LogP contribution < -0.4 is 5.32 Å². The number of nitrogens with one attached hydrogen (secondary N) is 2. The molecule has 1 aliphatic heterocycles. The van der Waals surface area contributed by atoms with Gasteiger partial charge in [0.1, 0.15) is 0 Å². The smallest absolute Gasteiger partial charge is 0.0926 e. The minimum atomic E-state index is -0.142. The van der Waals surface area contributed by atoms with E-state index in [-0.39, 0.29) is 5.54 Å². The average Bonchev–Trinajstić information content (AvgIpc) is 2.87. The molecule has 1 atom stereocenters. The van der Waals surface area contributed by atoms with Gasteiger partial charge in [0.15, 0.2) is 0 Å². The standard InChI is InChI=1S/C13H19N5/c1-9-6-10(2)18(17-9)7-13(3)12-11(4-5-16-13)14-8-15-12/h6,8,16H,4-5,7H2,1-3H3,(H,14,15)/t13-/m1/s1. The highest BCUT2D eigenvalue weighted by molar-refractivity contribution is 5.24. The van der Waals surface area contributed by atoms with Crippen molar-refractivity contribution in [1.29, 1.82) is 0 Å². The molecule has 0 saturated carbocycles. The Morgan fingerprint density at radius 1 is 1.44 bits per heavy atom. The first kappa shape index (κ1) is 11.5. The zero-order chi connectivity index (χ0) is 12.8. The molecule has 3 heterocycles. The first-order valence-corrected chi connectivity index (χ1v) is 6.37. The molecule has 96 valence electrons. The van der Waals surface area contributed by atoms with Crippen LogP contribution in [0.5, 0.6) is 0 Å².